The molecule has 2 aromatic carbocycles. The normalized spacial score (nSPS) is 11.4. The van der Waals surface area contributed by atoms with E-state index >= 15 is 0 Å². The van der Waals surface area contributed by atoms with Gasteiger partial charge in [-0.1, -0.05) is 12.1 Å². The van der Waals surface area contributed by atoms with Gasteiger partial charge in [-0.05, 0) is 42.3 Å². The minimum Gasteiger partial charge on any atom is -0.506 e. The van der Waals surface area contributed by atoms with Gasteiger partial charge >= 0.3 is 5.97 Å². The van der Waals surface area contributed by atoms with E-state index in [1.54, 1.807) is 19.1 Å². The molecule has 38 heavy (non-hydrogen) atoms. The maximum atomic E-state index is 13.2. The fraction of sp³-hybridized carbons (Fsp3) is 0.296. The van der Waals surface area contributed by atoms with Crippen molar-refractivity contribution in [1.29, 1.82) is 0 Å². The Morgan fingerprint density at radius 1 is 1.05 bits per heavy atom. The number of carbonyl (C=O) groups excluding carboxylic acids is 2. The minimum absolute atomic E-state index is 0.0504. The van der Waals surface area contributed by atoms with E-state index in [0.29, 0.717) is 11.1 Å². The number of aromatic nitrogens is 1. The van der Waals surface area contributed by atoms with Crippen LogP contribution in [0, 0.1) is 5.82 Å². The Kier molecular flexibility index (Phi) is 9.31. The van der Waals surface area contributed by atoms with E-state index in [1.807, 2.05) is 0 Å². The van der Waals surface area contributed by atoms with E-state index in [-0.39, 0.29) is 47.9 Å². The van der Waals surface area contributed by atoms with Crippen LogP contribution in [0.5, 0.6) is 23.0 Å². The topological polar surface area (TPSA) is 136 Å². The Balaban J connectivity index is 2.09. The maximum Gasteiger partial charge on any atom is 0.343 e. The van der Waals surface area contributed by atoms with E-state index in [0.717, 1.165) is 6.20 Å². The molecule has 1 amide bonds. The number of rotatable bonds is 11. The van der Waals surface area contributed by atoms with Gasteiger partial charge in [-0.25, -0.2) is 9.18 Å². The lowest BCUT2D eigenvalue weighted by Gasteiger charge is -2.22. The van der Waals surface area contributed by atoms with Gasteiger partial charge in [0.2, 0.25) is 11.7 Å². The van der Waals surface area contributed by atoms with Crippen molar-refractivity contribution in [2.24, 2.45) is 0 Å². The van der Waals surface area contributed by atoms with Gasteiger partial charge in [0.1, 0.15) is 17.1 Å². The monoisotopic (exact) mass is 528 g/mol. The molecule has 0 radical (unpaired) electrons. The van der Waals surface area contributed by atoms with Gasteiger partial charge in [0.25, 0.3) is 5.56 Å². The van der Waals surface area contributed by atoms with Crippen LogP contribution in [0.2, 0.25) is 0 Å². The summed E-state index contributed by atoms with van der Waals surface area (Å²) in [6, 6.07) is 8.72. The molecule has 0 unspecified atom stereocenters. The number of methoxy groups -OCH3 is 3. The van der Waals surface area contributed by atoms with Crippen LogP contribution in [0.25, 0.3) is 0 Å². The lowest BCUT2D eigenvalue weighted by molar-refractivity contribution is -0.121. The molecule has 0 fully saturated rings. The van der Waals surface area contributed by atoms with Gasteiger partial charge in [-0.15, -0.1) is 0 Å². The average molecular weight is 529 g/mol. The molecule has 0 spiro atoms. The lowest BCUT2D eigenvalue weighted by atomic mass is 9.87. The zero-order valence-corrected chi connectivity index (χ0v) is 21.4. The van der Waals surface area contributed by atoms with Crippen LogP contribution in [-0.2, 0) is 16.1 Å². The molecule has 3 rings (SSSR count). The standard InChI is InChI=1S/C27H29FN2O8/c1-5-38-27(34)19-14-30-26(33)23(24(19)32)18(12-22(31)29-13-15-6-8-17(28)9-7-15)16-10-20(35-2)25(37-4)21(11-16)36-3/h6-11,14,18H,5,12-13H2,1-4H3,(H,29,31)(H2,30,32,33)/t18-/m0/s1. The summed E-state index contributed by atoms with van der Waals surface area (Å²) in [4.78, 5) is 40.9. The van der Waals surface area contributed by atoms with Gasteiger partial charge in [-0.3, -0.25) is 9.59 Å². The summed E-state index contributed by atoms with van der Waals surface area (Å²) in [5.74, 6) is -2.57. The first-order valence-corrected chi connectivity index (χ1v) is 11.7. The quantitative estimate of drug-likeness (QED) is 0.323. The first-order chi connectivity index (χ1) is 18.2. The number of ether oxygens (including phenoxy) is 4. The Morgan fingerprint density at radius 2 is 1.68 bits per heavy atom. The number of aromatic amines is 1. The number of amides is 1. The summed E-state index contributed by atoms with van der Waals surface area (Å²) >= 11 is 0. The van der Waals surface area contributed by atoms with E-state index in [4.69, 9.17) is 18.9 Å². The molecule has 0 saturated heterocycles. The molecule has 3 N–H and O–H groups in total. The molecule has 0 saturated carbocycles. The second-order valence-electron chi connectivity index (χ2n) is 8.13. The third-order valence-corrected chi connectivity index (χ3v) is 5.83. The van der Waals surface area contributed by atoms with Crippen LogP contribution in [-0.4, -0.2) is 49.9 Å². The Labute approximate surface area is 218 Å². The lowest BCUT2D eigenvalue weighted by Crippen LogP contribution is -2.28. The van der Waals surface area contributed by atoms with Gasteiger partial charge in [0.15, 0.2) is 11.5 Å². The van der Waals surface area contributed by atoms with Gasteiger partial charge in [0, 0.05) is 25.1 Å². The summed E-state index contributed by atoms with van der Waals surface area (Å²) < 4.78 is 34.4. The van der Waals surface area contributed by atoms with E-state index in [9.17, 15) is 23.9 Å². The number of carbonyl (C=O) groups is 2. The molecule has 1 aromatic heterocycles. The highest BCUT2D eigenvalue weighted by Gasteiger charge is 2.30. The summed E-state index contributed by atoms with van der Waals surface area (Å²) in [5.41, 5.74) is -0.152. The van der Waals surface area contributed by atoms with Crippen molar-refractivity contribution in [3.8, 4) is 23.0 Å². The van der Waals surface area contributed by atoms with Crippen LogP contribution in [0.3, 0.4) is 0 Å². The van der Waals surface area contributed by atoms with Crippen molar-refractivity contribution in [2.75, 3.05) is 27.9 Å². The van der Waals surface area contributed by atoms with Gasteiger partial charge in [0.05, 0.1) is 33.5 Å². The van der Waals surface area contributed by atoms with E-state index < -0.39 is 34.9 Å². The second-order valence-corrected chi connectivity index (χ2v) is 8.13. The number of hydrogen-bond acceptors (Lipinski definition) is 8. The summed E-state index contributed by atoms with van der Waals surface area (Å²) in [5, 5.41) is 13.8. The molecule has 0 aliphatic carbocycles. The van der Waals surface area contributed by atoms with E-state index in [1.165, 1.54) is 45.6 Å². The molecular formula is C27H29FN2O8. The molecule has 0 bridgehead atoms. The second kappa shape index (κ2) is 12.6. The van der Waals surface area contributed by atoms with Crippen molar-refractivity contribution >= 4 is 11.9 Å². The first kappa shape index (κ1) is 28.0. The molecule has 11 heteroatoms. The van der Waals surface area contributed by atoms with Gasteiger partial charge in [-0.2, -0.15) is 0 Å². The fourth-order valence-electron chi connectivity index (χ4n) is 3.97. The number of pyridine rings is 1. The Morgan fingerprint density at radius 3 is 2.24 bits per heavy atom. The third kappa shape index (κ3) is 6.23. The van der Waals surface area contributed by atoms with Crippen molar-refractivity contribution in [1.82, 2.24) is 10.3 Å². The van der Waals surface area contributed by atoms with Crippen molar-refractivity contribution in [2.45, 2.75) is 25.8 Å². The largest absolute Gasteiger partial charge is 0.506 e. The number of benzene rings is 2. The van der Waals surface area contributed by atoms with Crippen molar-refractivity contribution in [3.05, 3.63) is 81.0 Å². The van der Waals surface area contributed by atoms with Crippen LogP contribution in [0.4, 0.5) is 4.39 Å². The summed E-state index contributed by atoms with van der Waals surface area (Å²) in [6.07, 6.45) is 0.753. The number of esters is 1. The molecule has 0 aliphatic heterocycles. The molecule has 1 atom stereocenters. The highest BCUT2D eigenvalue weighted by molar-refractivity contribution is 5.92. The van der Waals surface area contributed by atoms with Crippen molar-refractivity contribution < 1.29 is 38.0 Å². The van der Waals surface area contributed by atoms with Crippen LogP contribution < -0.4 is 25.1 Å². The average Bonchev–Trinajstić information content (AvgIpc) is 2.91. The van der Waals surface area contributed by atoms with Gasteiger partial charge < -0.3 is 34.4 Å². The summed E-state index contributed by atoms with van der Waals surface area (Å²) in [6.45, 7) is 1.76. The molecule has 3 aromatic rings. The zero-order chi connectivity index (χ0) is 27.8. The smallest absolute Gasteiger partial charge is 0.343 e. The molecule has 10 nitrogen and oxygen atoms in total. The maximum absolute atomic E-state index is 13.2. The number of aromatic hydroxyl groups is 1. The van der Waals surface area contributed by atoms with E-state index in [2.05, 4.69) is 10.3 Å². The predicted molar refractivity (Wildman–Crippen MR) is 135 cm³/mol. The van der Waals surface area contributed by atoms with Crippen LogP contribution >= 0.6 is 0 Å². The van der Waals surface area contributed by atoms with Crippen LogP contribution in [0.15, 0.2) is 47.4 Å². The molecule has 1 heterocycles. The zero-order valence-electron chi connectivity index (χ0n) is 21.4. The predicted octanol–water partition coefficient (Wildman–Crippen LogP) is 3.26. The number of halogens is 1. The Hall–Kier alpha value is -4.54. The molecular weight excluding hydrogens is 499 g/mol. The third-order valence-electron chi connectivity index (χ3n) is 5.83. The number of nitrogens with one attached hydrogen (secondary N) is 2. The highest BCUT2D eigenvalue weighted by Crippen LogP contribution is 2.43. The molecule has 202 valence electrons. The number of H-pyrrole nitrogens is 1. The minimum atomic E-state index is -1.05. The number of hydrogen-bond donors (Lipinski definition) is 3. The summed E-state index contributed by atoms with van der Waals surface area (Å²) in [7, 11) is 4.26. The fourth-order valence-corrected chi connectivity index (χ4v) is 3.97. The first-order valence-electron chi connectivity index (χ1n) is 11.7. The van der Waals surface area contributed by atoms with Crippen molar-refractivity contribution in [3.63, 3.8) is 0 Å². The Bertz CT molecular complexity index is 1330. The molecule has 0 aliphatic rings. The van der Waals surface area contributed by atoms with Crippen LogP contribution in [0.1, 0.15) is 46.3 Å². The highest BCUT2D eigenvalue weighted by atomic mass is 19.1. The SMILES string of the molecule is CCOC(=O)c1c[nH]c(=O)c([C@@H](CC(=O)NCc2ccc(F)cc2)c2cc(OC)c(OC)c(OC)c2)c1O.